The maximum Gasteiger partial charge on any atom is 0.228 e. The number of nitrogens with one attached hydrogen (secondary N) is 1. The van der Waals surface area contributed by atoms with Crippen molar-refractivity contribution in [2.24, 2.45) is 0 Å². The molecule has 2 aliphatic heterocycles. The maximum absolute atomic E-state index is 13.4. The molecule has 0 aliphatic carbocycles. The Morgan fingerprint density at radius 3 is 2.47 bits per heavy atom. The summed E-state index contributed by atoms with van der Waals surface area (Å²) in [5.41, 5.74) is 1.25. The lowest BCUT2D eigenvalue weighted by Crippen LogP contribution is -2.45. The average Bonchev–Trinajstić information content (AvgIpc) is 3.58. The van der Waals surface area contributed by atoms with E-state index in [0.29, 0.717) is 36.9 Å². The van der Waals surface area contributed by atoms with Crippen molar-refractivity contribution in [3.8, 4) is 0 Å². The summed E-state index contributed by atoms with van der Waals surface area (Å²) < 4.78 is 53.7. The first-order valence-corrected chi connectivity index (χ1v) is 14.6. The fourth-order valence-electron chi connectivity index (χ4n) is 4.61. The molecule has 1 N–H and O–H groups in total. The number of sulfone groups is 1. The van der Waals surface area contributed by atoms with E-state index in [0.717, 1.165) is 38.0 Å². The average molecular weight is 539 g/mol. The second-order valence-electron chi connectivity index (χ2n) is 9.78. The predicted octanol–water partition coefficient (Wildman–Crippen LogP) is 3.44. The topological polar surface area (TPSA) is 85.7 Å². The van der Waals surface area contributed by atoms with Crippen LogP contribution in [0, 0.1) is 5.82 Å². The molecule has 0 unspecified atom stereocenters. The van der Waals surface area contributed by atoms with E-state index in [4.69, 9.17) is 21.7 Å². The van der Waals surface area contributed by atoms with E-state index in [1.54, 1.807) is 10.8 Å². The molecule has 1 aromatic heterocycles. The van der Waals surface area contributed by atoms with Gasteiger partial charge in [0.05, 0.1) is 42.9 Å². The smallest absolute Gasteiger partial charge is 0.228 e. The first-order valence-electron chi connectivity index (χ1n) is 12.5. The Hall–Kier alpha value is -2.08. The summed E-state index contributed by atoms with van der Waals surface area (Å²) in [6, 6.07) is 5.66. The van der Waals surface area contributed by atoms with Gasteiger partial charge in [0.25, 0.3) is 0 Å². The Kier molecular flexibility index (Phi) is 8.97. The van der Waals surface area contributed by atoms with Gasteiger partial charge >= 0.3 is 0 Å². The van der Waals surface area contributed by atoms with Gasteiger partial charge in [0, 0.05) is 25.8 Å². The molecule has 36 heavy (non-hydrogen) atoms. The van der Waals surface area contributed by atoms with Crippen LogP contribution < -0.4 is 5.32 Å². The van der Waals surface area contributed by atoms with E-state index in [1.807, 2.05) is 18.7 Å². The lowest BCUT2D eigenvalue weighted by molar-refractivity contribution is 0.0861. The number of aromatic nitrogens is 2. The predicted molar refractivity (Wildman–Crippen MR) is 139 cm³/mol. The SMILES string of the molecule is CC(C)NC(=S)N(Cc1cnc(S(=O)(=O)Cc2ccc(F)cc2)n1C[C@H]1CCCO1)C[C@@H]1CCCO1. The zero-order chi connectivity index (χ0) is 25.7. The third kappa shape index (κ3) is 7.02. The van der Waals surface area contributed by atoms with Crippen molar-refractivity contribution in [1.29, 1.82) is 0 Å². The van der Waals surface area contributed by atoms with Crippen molar-refractivity contribution in [1.82, 2.24) is 19.8 Å². The highest BCUT2D eigenvalue weighted by Crippen LogP contribution is 2.23. The number of hydrogen-bond donors (Lipinski definition) is 1. The normalized spacial score (nSPS) is 20.2. The van der Waals surface area contributed by atoms with Gasteiger partial charge in [-0.15, -0.1) is 0 Å². The van der Waals surface area contributed by atoms with Gasteiger partial charge in [0.1, 0.15) is 5.82 Å². The third-order valence-electron chi connectivity index (χ3n) is 6.36. The number of thiocarbonyl (C=S) groups is 1. The van der Waals surface area contributed by atoms with Gasteiger partial charge in [0.15, 0.2) is 5.11 Å². The lowest BCUT2D eigenvalue weighted by Gasteiger charge is -2.30. The minimum absolute atomic E-state index is 0.00266. The largest absolute Gasteiger partial charge is 0.376 e. The molecular formula is C25H35FN4O4S2. The number of ether oxygens (including phenoxy) is 2. The summed E-state index contributed by atoms with van der Waals surface area (Å²) in [5.74, 6) is -0.669. The van der Waals surface area contributed by atoms with E-state index in [-0.39, 0.29) is 29.2 Å². The Bertz CT molecular complexity index is 1130. The maximum atomic E-state index is 13.4. The molecule has 0 radical (unpaired) electrons. The Morgan fingerprint density at radius 2 is 1.86 bits per heavy atom. The quantitative estimate of drug-likeness (QED) is 0.461. The van der Waals surface area contributed by atoms with Crippen molar-refractivity contribution in [3.63, 3.8) is 0 Å². The first-order chi connectivity index (χ1) is 17.2. The minimum atomic E-state index is -3.79. The van der Waals surface area contributed by atoms with Crippen molar-refractivity contribution in [3.05, 3.63) is 47.5 Å². The summed E-state index contributed by atoms with van der Waals surface area (Å²) in [6.45, 7) is 6.86. The van der Waals surface area contributed by atoms with Crippen LogP contribution in [0.15, 0.2) is 35.6 Å². The third-order valence-corrected chi connectivity index (χ3v) is 8.33. The van der Waals surface area contributed by atoms with Crippen LogP contribution in [0.1, 0.15) is 50.8 Å². The van der Waals surface area contributed by atoms with Crippen LogP contribution in [0.25, 0.3) is 0 Å². The van der Waals surface area contributed by atoms with Crippen molar-refractivity contribution < 1.29 is 22.3 Å². The molecule has 0 amide bonds. The van der Waals surface area contributed by atoms with Crippen LogP contribution in [-0.4, -0.2) is 66.0 Å². The molecule has 3 heterocycles. The molecule has 2 fully saturated rings. The van der Waals surface area contributed by atoms with E-state index in [1.165, 1.54) is 24.3 Å². The monoisotopic (exact) mass is 538 g/mol. The molecule has 1 aromatic carbocycles. The van der Waals surface area contributed by atoms with E-state index in [2.05, 4.69) is 10.3 Å². The Balaban J connectivity index is 1.62. The van der Waals surface area contributed by atoms with Gasteiger partial charge in [-0.1, -0.05) is 12.1 Å². The fourth-order valence-corrected chi connectivity index (χ4v) is 6.48. The second kappa shape index (κ2) is 12.0. The standard InChI is InChI=1S/C25H35FN4O4S2/c1-18(2)28-24(35)29(15-22-5-3-11-33-22)14-21-13-27-25(30(21)16-23-6-4-12-34-23)36(31,32)17-19-7-9-20(26)10-8-19/h7-10,13,18,22-23H,3-6,11-12,14-17H2,1-2H3,(H,28,35)/t22-,23+/m0/s1. The molecule has 4 rings (SSSR count). The Labute approximate surface area is 218 Å². The fraction of sp³-hybridized carbons (Fsp3) is 0.600. The van der Waals surface area contributed by atoms with Crippen molar-refractivity contribution in [2.45, 2.75) is 81.8 Å². The molecule has 2 atom stereocenters. The number of rotatable bonds is 10. The number of imidazole rings is 1. The number of hydrogen-bond acceptors (Lipinski definition) is 6. The van der Waals surface area contributed by atoms with Crippen LogP contribution in [0.5, 0.6) is 0 Å². The van der Waals surface area contributed by atoms with Crippen LogP contribution in [-0.2, 0) is 38.2 Å². The highest BCUT2D eigenvalue weighted by atomic mass is 32.2. The molecule has 198 valence electrons. The van der Waals surface area contributed by atoms with Crippen LogP contribution in [0.2, 0.25) is 0 Å². The molecule has 2 aliphatic rings. The van der Waals surface area contributed by atoms with Gasteiger partial charge in [-0.2, -0.15) is 0 Å². The van der Waals surface area contributed by atoms with E-state index < -0.39 is 15.7 Å². The number of benzene rings is 1. The zero-order valence-corrected chi connectivity index (χ0v) is 22.5. The van der Waals surface area contributed by atoms with Crippen LogP contribution in [0.3, 0.4) is 0 Å². The summed E-state index contributed by atoms with van der Waals surface area (Å²) >= 11 is 5.71. The molecule has 2 aromatic rings. The summed E-state index contributed by atoms with van der Waals surface area (Å²) in [6.07, 6.45) is 5.41. The molecular weight excluding hydrogens is 503 g/mol. The molecule has 8 nitrogen and oxygen atoms in total. The van der Waals surface area contributed by atoms with E-state index >= 15 is 0 Å². The molecule has 11 heteroatoms. The molecule has 0 saturated carbocycles. The first kappa shape index (κ1) is 27.0. The summed E-state index contributed by atoms with van der Waals surface area (Å²) in [7, 11) is -3.79. The molecule has 0 spiro atoms. The van der Waals surface area contributed by atoms with Crippen LogP contribution in [0.4, 0.5) is 4.39 Å². The Morgan fingerprint density at radius 1 is 1.19 bits per heavy atom. The summed E-state index contributed by atoms with van der Waals surface area (Å²) in [5, 5.41) is 3.90. The van der Waals surface area contributed by atoms with Crippen LogP contribution >= 0.6 is 12.2 Å². The van der Waals surface area contributed by atoms with Crippen molar-refractivity contribution in [2.75, 3.05) is 19.8 Å². The van der Waals surface area contributed by atoms with E-state index in [9.17, 15) is 12.8 Å². The van der Waals surface area contributed by atoms with Gasteiger partial charge in [0.2, 0.25) is 15.0 Å². The summed E-state index contributed by atoms with van der Waals surface area (Å²) in [4.78, 5) is 6.40. The van der Waals surface area contributed by atoms with Gasteiger partial charge in [-0.05, 0) is 69.4 Å². The minimum Gasteiger partial charge on any atom is -0.376 e. The number of halogens is 1. The van der Waals surface area contributed by atoms with Crippen molar-refractivity contribution >= 4 is 27.2 Å². The lowest BCUT2D eigenvalue weighted by atomic mass is 10.2. The van der Waals surface area contributed by atoms with Gasteiger partial charge < -0.3 is 24.3 Å². The zero-order valence-electron chi connectivity index (χ0n) is 20.9. The molecule has 2 saturated heterocycles. The second-order valence-corrected chi connectivity index (χ2v) is 12.1. The molecule has 0 bridgehead atoms. The van der Waals surface area contributed by atoms with Gasteiger partial charge in [-0.3, -0.25) is 0 Å². The van der Waals surface area contributed by atoms with Gasteiger partial charge in [-0.25, -0.2) is 17.8 Å². The number of nitrogens with zero attached hydrogens (tertiary/aromatic N) is 3. The highest BCUT2D eigenvalue weighted by molar-refractivity contribution is 7.90. The highest BCUT2D eigenvalue weighted by Gasteiger charge is 2.29.